The Balaban J connectivity index is 1.62. The molecule has 2 atom stereocenters. The molecule has 0 saturated heterocycles. The molecule has 2 aromatic carbocycles. The van der Waals surface area contributed by atoms with Crippen LogP contribution in [-0.2, 0) is 11.3 Å². The summed E-state index contributed by atoms with van der Waals surface area (Å²) in [5, 5.41) is 10.9. The van der Waals surface area contributed by atoms with Crippen molar-refractivity contribution in [3.63, 3.8) is 0 Å². The zero-order chi connectivity index (χ0) is 20.8. The van der Waals surface area contributed by atoms with E-state index in [0.717, 1.165) is 33.7 Å². The van der Waals surface area contributed by atoms with E-state index in [1.807, 2.05) is 49.5 Å². The third-order valence-corrected chi connectivity index (χ3v) is 5.75. The lowest BCUT2D eigenvalue weighted by Crippen LogP contribution is -2.29. The molecule has 0 spiro atoms. The number of nitrogens with one attached hydrogen (secondary N) is 1. The second-order valence-electron chi connectivity index (χ2n) is 7.39. The van der Waals surface area contributed by atoms with Gasteiger partial charge in [-0.25, -0.2) is 4.98 Å². The van der Waals surface area contributed by atoms with Gasteiger partial charge in [0.15, 0.2) is 0 Å². The van der Waals surface area contributed by atoms with E-state index >= 15 is 0 Å². The monoisotopic (exact) mass is 418 g/mol. The molecule has 1 aliphatic heterocycles. The summed E-state index contributed by atoms with van der Waals surface area (Å²) in [6.45, 7) is 2.76. The van der Waals surface area contributed by atoms with Crippen molar-refractivity contribution in [2.45, 2.75) is 25.7 Å². The number of aromatic nitrogens is 3. The molecule has 2 aromatic heterocycles. The quantitative estimate of drug-likeness (QED) is 0.503. The number of aromatic amines is 1. The lowest BCUT2D eigenvalue weighted by Gasteiger charge is -2.29. The highest BCUT2D eigenvalue weighted by Gasteiger charge is 2.30. The number of fused-ring (bicyclic) bond motifs is 2. The Labute approximate surface area is 178 Å². The first kappa shape index (κ1) is 18.7. The maximum atomic E-state index is 9.35. The number of nitriles is 1. The van der Waals surface area contributed by atoms with Crippen LogP contribution in [0.25, 0.3) is 22.3 Å². The van der Waals surface area contributed by atoms with Gasteiger partial charge in [0.2, 0.25) is 0 Å². The molecular weight excluding hydrogens is 400 g/mol. The maximum Gasteiger partial charge on any atom is 0.146 e. The summed E-state index contributed by atoms with van der Waals surface area (Å²) in [5.74, 6) is 1.38. The third-order valence-electron chi connectivity index (χ3n) is 5.41. The first-order chi connectivity index (χ1) is 14.6. The predicted octanol–water partition coefficient (Wildman–Crippen LogP) is 5.07. The van der Waals surface area contributed by atoms with Crippen LogP contribution in [0.5, 0.6) is 5.75 Å². The van der Waals surface area contributed by atoms with Gasteiger partial charge in [0.05, 0.1) is 24.5 Å². The van der Waals surface area contributed by atoms with Crippen LogP contribution >= 0.6 is 11.6 Å². The highest BCUT2D eigenvalue weighted by molar-refractivity contribution is 6.31. The van der Waals surface area contributed by atoms with E-state index in [9.17, 15) is 5.26 Å². The lowest BCUT2D eigenvalue weighted by atomic mass is 10.1. The molecule has 0 radical (unpaired) electrons. The number of H-pyrrole nitrogens is 1. The first-order valence-electron chi connectivity index (χ1n) is 9.66. The molecule has 0 aliphatic carbocycles. The molecule has 5 rings (SSSR count). The van der Waals surface area contributed by atoms with Gasteiger partial charge >= 0.3 is 0 Å². The lowest BCUT2D eigenvalue weighted by molar-refractivity contribution is -0.0181. The average Bonchev–Trinajstić information content (AvgIpc) is 3.36. The fraction of sp³-hybridized carbons (Fsp3) is 0.217. The van der Waals surface area contributed by atoms with Crippen LogP contribution in [0.1, 0.15) is 30.0 Å². The van der Waals surface area contributed by atoms with Crippen molar-refractivity contribution >= 4 is 22.5 Å². The molecule has 1 N–H and O–H groups in total. The summed E-state index contributed by atoms with van der Waals surface area (Å²) in [6, 6.07) is 15.5. The SMILES string of the molecule is COc1c(C#N)ccc2[nH]c(-c3cn4c(n3)[C@H](c3ccccc3Cl)O[C@@H](C)C4)cc12. The van der Waals surface area contributed by atoms with Crippen LogP contribution in [0.4, 0.5) is 0 Å². The van der Waals surface area contributed by atoms with Crippen molar-refractivity contribution < 1.29 is 9.47 Å². The zero-order valence-corrected chi connectivity index (χ0v) is 17.3. The number of hydrogen-bond acceptors (Lipinski definition) is 4. The molecule has 1 aliphatic rings. The summed E-state index contributed by atoms with van der Waals surface area (Å²) in [7, 11) is 1.57. The largest absolute Gasteiger partial charge is 0.495 e. The number of rotatable bonds is 3. The topological polar surface area (TPSA) is 75.9 Å². The van der Waals surface area contributed by atoms with E-state index in [4.69, 9.17) is 26.1 Å². The molecule has 7 heteroatoms. The second kappa shape index (κ2) is 7.21. The van der Waals surface area contributed by atoms with Crippen molar-refractivity contribution in [3.8, 4) is 23.2 Å². The molecule has 30 heavy (non-hydrogen) atoms. The molecule has 0 saturated carbocycles. The van der Waals surface area contributed by atoms with Gasteiger partial charge in [0.1, 0.15) is 29.4 Å². The molecule has 0 amide bonds. The summed E-state index contributed by atoms with van der Waals surface area (Å²) < 4.78 is 13.8. The molecule has 3 heterocycles. The van der Waals surface area contributed by atoms with Gasteiger partial charge in [-0.15, -0.1) is 0 Å². The van der Waals surface area contributed by atoms with E-state index in [1.54, 1.807) is 13.2 Å². The standard InChI is InChI=1S/C23H19ClN4O2/c1-13-11-28-12-20(27-23(28)22(30-13)15-5-3-4-6-17(15)24)19-9-16-18(26-19)8-7-14(10-25)21(16)29-2/h3-9,12-13,22,26H,11H2,1-2H3/t13-,22-/m0/s1. The molecule has 0 unspecified atom stereocenters. The van der Waals surface area contributed by atoms with Gasteiger partial charge in [-0.1, -0.05) is 29.8 Å². The number of ether oxygens (including phenoxy) is 2. The third kappa shape index (κ3) is 2.95. The number of nitrogens with zero attached hydrogens (tertiary/aromatic N) is 3. The summed E-state index contributed by atoms with van der Waals surface area (Å²) in [6.07, 6.45) is 1.72. The highest BCUT2D eigenvalue weighted by atomic mass is 35.5. The van der Waals surface area contributed by atoms with Gasteiger partial charge in [-0.05, 0) is 31.2 Å². The molecule has 4 aromatic rings. The minimum atomic E-state index is -0.333. The van der Waals surface area contributed by atoms with Crippen molar-refractivity contribution in [1.29, 1.82) is 5.26 Å². The fourth-order valence-electron chi connectivity index (χ4n) is 4.05. The fourth-order valence-corrected chi connectivity index (χ4v) is 4.29. The Morgan fingerprint density at radius 2 is 2.13 bits per heavy atom. The molecule has 0 fully saturated rings. The van der Waals surface area contributed by atoms with E-state index in [0.29, 0.717) is 22.9 Å². The van der Waals surface area contributed by atoms with Gasteiger partial charge in [-0.2, -0.15) is 5.26 Å². The van der Waals surface area contributed by atoms with Crippen LogP contribution in [0.2, 0.25) is 5.02 Å². The average molecular weight is 419 g/mol. The summed E-state index contributed by atoms with van der Waals surface area (Å²) in [4.78, 5) is 8.28. The van der Waals surface area contributed by atoms with Crippen LogP contribution < -0.4 is 4.74 Å². The molecule has 150 valence electrons. The summed E-state index contributed by atoms with van der Waals surface area (Å²) >= 11 is 6.45. The number of methoxy groups -OCH3 is 1. The minimum Gasteiger partial charge on any atom is -0.495 e. The van der Waals surface area contributed by atoms with Crippen LogP contribution in [0.3, 0.4) is 0 Å². The Kier molecular flexibility index (Phi) is 4.50. The van der Waals surface area contributed by atoms with Crippen molar-refractivity contribution in [3.05, 3.63) is 70.6 Å². The van der Waals surface area contributed by atoms with E-state index in [-0.39, 0.29) is 12.2 Å². The number of halogens is 1. The summed E-state index contributed by atoms with van der Waals surface area (Å²) in [5.41, 5.74) is 3.95. The Hall–Kier alpha value is -3.27. The molecular formula is C23H19ClN4O2. The normalized spacial score (nSPS) is 18.2. The zero-order valence-electron chi connectivity index (χ0n) is 16.5. The highest BCUT2D eigenvalue weighted by Crippen LogP contribution is 2.38. The van der Waals surface area contributed by atoms with Crippen LogP contribution in [-0.4, -0.2) is 27.7 Å². The maximum absolute atomic E-state index is 9.35. The van der Waals surface area contributed by atoms with E-state index < -0.39 is 0 Å². The second-order valence-corrected chi connectivity index (χ2v) is 7.79. The first-order valence-corrected chi connectivity index (χ1v) is 10.0. The van der Waals surface area contributed by atoms with Crippen molar-refractivity contribution in [1.82, 2.24) is 14.5 Å². The number of imidazole rings is 1. The van der Waals surface area contributed by atoms with Gasteiger partial charge in [0, 0.05) is 34.2 Å². The van der Waals surface area contributed by atoms with E-state index in [2.05, 4.69) is 15.6 Å². The van der Waals surface area contributed by atoms with Crippen molar-refractivity contribution in [2.75, 3.05) is 7.11 Å². The van der Waals surface area contributed by atoms with Gasteiger partial charge in [-0.3, -0.25) is 0 Å². The Morgan fingerprint density at radius 1 is 1.30 bits per heavy atom. The minimum absolute atomic E-state index is 0.0295. The van der Waals surface area contributed by atoms with E-state index in [1.165, 1.54) is 0 Å². The Morgan fingerprint density at radius 3 is 2.90 bits per heavy atom. The molecule has 0 bridgehead atoms. The van der Waals surface area contributed by atoms with Crippen LogP contribution in [0, 0.1) is 11.3 Å². The van der Waals surface area contributed by atoms with Gasteiger partial charge in [0.25, 0.3) is 0 Å². The number of hydrogen-bond donors (Lipinski definition) is 1. The Bertz CT molecular complexity index is 1300. The molecule has 6 nitrogen and oxygen atoms in total. The van der Waals surface area contributed by atoms with Crippen molar-refractivity contribution in [2.24, 2.45) is 0 Å². The smallest absolute Gasteiger partial charge is 0.146 e. The van der Waals surface area contributed by atoms with Crippen LogP contribution in [0.15, 0.2) is 48.7 Å². The predicted molar refractivity (Wildman–Crippen MR) is 115 cm³/mol. The van der Waals surface area contributed by atoms with Gasteiger partial charge < -0.3 is 19.0 Å². The number of benzene rings is 2.